The van der Waals surface area contributed by atoms with E-state index < -0.39 is 0 Å². The van der Waals surface area contributed by atoms with Gasteiger partial charge in [-0.1, -0.05) is 34.3 Å². The third kappa shape index (κ3) is 3.37. The lowest BCUT2D eigenvalue weighted by molar-refractivity contribution is -0.127. The van der Waals surface area contributed by atoms with Gasteiger partial charge in [0.05, 0.1) is 0 Å². The SMILES string of the molecule is C=CC(=O)N1CCC(C)(C)CC(C)(C)C1. The Morgan fingerprint density at radius 3 is 2.40 bits per heavy atom. The Labute approximate surface area is 93.3 Å². The maximum absolute atomic E-state index is 11.6. The Hall–Kier alpha value is -0.790. The molecule has 1 fully saturated rings. The fraction of sp³-hybridized carbons (Fsp3) is 0.769. The van der Waals surface area contributed by atoms with Gasteiger partial charge in [0.25, 0.3) is 0 Å². The molecule has 0 N–H and O–H groups in total. The second-order valence-corrected chi connectivity index (χ2v) is 6.22. The van der Waals surface area contributed by atoms with Gasteiger partial charge in [0.2, 0.25) is 5.91 Å². The highest BCUT2D eigenvalue weighted by atomic mass is 16.2. The molecule has 0 radical (unpaired) electrons. The number of carbonyl (C=O) groups is 1. The lowest BCUT2D eigenvalue weighted by atomic mass is 9.75. The molecule has 0 unspecified atom stereocenters. The summed E-state index contributed by atoms with van der Waals surface area (Å²) < 4.78 is 0. The van der Waals surface area contributed by atoms with Crippen LogP contribution in [0.1, 0.15) is 40.5 Å². The van der Waals surface area contributed by atoms with E-state index in [2.05, 4.69) is 34.3 Å². The molecule has 1 aliphatic rings. The third-order valence-corrected chi connectivity index (χ3v) is 3.12. The van der Waals surface area contributed by atoms with Gasteiger partial charge in [-0.25, -0.2) is 0 Å². The molecule has 1 amide bonds. The van der Waals surface area contributed by atoms with Gasteiger partial charge in [0, 0.05) is 13.1 Å². The van der Waals surface area contributed by atoms with E-state index in [0.29, 0.717) is 5.41 Å². The normalized spacial score (nSPS) is 24.4. The second-order valence-electron chi connectivity index (χ2n) is 6.22. The van der Waals surface area contributed by atoms with E-state index in [0.717, 1.165) is 19.5 Å². The van der Waals surface area contributed by atoms with E-state index in [1.54, 1.807) is 0 Å². The van der Waals surface area contributed by atoms with Gasteiger partial charge >= 0.3 is 0 Å². The molecular formula is C13H23NO. The minimum atomic E-state index is 0.0702. The molecule has 0 atom stereocenters. The van der Waals surface area contributed by atoms with E-state index in [1.807, 2.05) is 4.90 Å². The summed E-state index contributed by atoms with van der Waals surface area (Å²) >= 11 is 0. The smallest absolute Gasteiger partial charge is 0.245 e. The summed E-state index contributed by atoms with van der Waals surface area (Å²) in [5, 5.41) is 0. The molecule has 1 aliphatic heterocycles. The molecular weight excluding hydrogens is 186 g/mol. The Morgan fingerprint density at radius 1 is 1.27 bits per heavy atom. The molecule has 1 saturated heterocycles. The zero-order chi connectivity index (χ0) is 11.7. The fourth-order valence-corrected chi connectivity index (χ4v) is 2.79. The van der Waals surface area contributed by atoms with E-state index in [4.69, 9.17) is 0 Å². The molecule has 0 aromatic heterocycles. The Kier molecular flexibility index (Phi) is 3.27. The van der Waals surface area contributed by atoms with Crippen LogP contribution in [0, 0.1) is 10.8 Å². The van der Waals surface area contributed by atoms with Crippen LogP contribution in [-0.2, 0) is 4.79 Å². The standard InChI is InChI=1S/C13H23NO/c1-6-11(15)14-8-7-12(2,3)9-13(4,5)10-14/h6H,1,7-10H2,2-5H3. The van der Waals surface area contributed by atoms with Crippen LogP contribution in [0.25, 0.3) is 0 Å². The van der Waals surface area contributed by atoms with Crippen LogP contribution in [0.2, 0.25) is 0 Å². The number of nitrogens with zero attached hydrogens (tertiary/aromatic N) is 1. The lowest BCUT2D eigenvalue weighted by Crippen LogP contribution is -2.36. The summed E-state index contributed by atoms with van der Waals surface area (Å²) in [6, 6.07) is 0. The second kappa shape index (κ2) is 3.99. The molecule has 0 aliphatic carbocycles. The first-order valence-corrected chi connectivity index (χ1v) is 5.67. The predicted octanol–water partition coefficient (Wildman–Crippen LogP) is 2.85. The van der Waals surface area contributed by atoms with Crippen molar-refractivity contribution in [3.8, 4) is 0 Å². The molecule has 15 heavy (non-hydrogen) atoms. The first-order valence-electron chi connectivity index (χ1n) is 5.67. The zero-order valence-corrected chi connectivity index (χ0v) is 10.5. The average molecular weight is 209 g/mol. The molecule has 0 spiro atoms. The van der Waals surface area contributed by atoms with Crippen molar-refractivity contribution >= 4 is 5.91 Å². The fourth-order valence-electron chi connectivity index (χ4n) is 2.79. The molecule has 86 valence electrons. The van der Waals surface area contributed by atoms with Crippen LogP contribution < -0.4 is 0 Å². The van der Waals surface area contributed by atoms with Crippen molar-refractivity contribution in [2.45, 2.75) is 40.5 Å². The summed E-state index contributed by atoms with van der Waals surface area (Å²) in [5.74, 6) is 0.0702. The molecule has 0 saturated carbocycles. The number of hydrogen-bond donors (Lipinski definition) is 0. The van der Waals surface area contributed by atoms with Crippen molar-refractivity contribution < 1.29 is 4.79 Å². The Morgan fingerprint density at radius 2 is 1.87 bits per heavy atom. The van der Waals surface area contributed by atoms with Crippen molar-refractivity contribution in [3.05, 3.63) is 12.7 Å². The van der Waals surface area contributed by atoms with E-state index in [9.17, 15) is 4.79 Å². The summed E-state index contributed by atoms with van der Waals surface area (Å²) in [4.78, 5) is 13.6. The minimum Gasteiger partial charge on any atom is -0.339 e. The minimum absolute atomic E-state index is 0.0702. The van der Waals surface area contributed by atoms with Crippen LogP contribution in [-0.4, -0.2) is 23.9 Å². The number of amides is 1. The highest BCUT2D eigenvalue weighted by Crippen LogP contribution is 2.39. The Balaban J connectivity index is 2.82. The van der Waals surface area contributed by atoms with Crippen LogP contribution in [0.15, 0.2) is 12.7 Å². The maximum atomic E-state index is 11.6. The lowest BCUT2D eigenvalue weighted by Gasteiger charge is -2.32. The molecule has 1 rings (SSSR count). The van der Waals surface area contributed by atoms with Crippen molar-refractivity contribution in [1.29, 1.82) is 0 Å². The van der Waals surface area contributed by atoms with Crippen molar-refractivity contribution in [2.75, 3.05) is 13.1 Å². The van der Waals surface area contributed by atoms with Gasteiger partial charge in [-0.2, -0.15) is 0 Å². The highest BCUT2D eigenvalue weighted by Gasteiger charge is 2.35. The molecule has 0 aromatic rings. The van der Waals surface area contributed by atoms with Crippen LogP contribution in [0.3, 0.4) is 0 Å². The quantitative estimate of drug-likeness (QED) is 0.608. The molecule has 1 heterocycles. The number of rotatable bonds is 1. The monoisotopic (exact) mass is 209 g/mol. The predicted molar refractivity (Wildman–Crippen MR) is 63.6 cm³/mol. The van der Waals surface area contributed by atoms with Crippen molar-refractivity contribution in [2.24, 2.45) is 10.8 Å². The van der Waals surface area contributed by atoms with Gasteiger partial charge in [-0.3, -0.25) is 4.79 Å². The van der Waals surface area contributed by atoms with E-state index in [1.165, 1.54) is 12.5 Å². The van der Waals surface area contributed by atoms with Gasteiger partial charge in [-0.05, 0) is 29.7 Å². The van der Waals surface area contributed by atoms with Gasteiger partial charge < -0.3 is 4.90 Å². The first kappa shape index (κ1) is 12.3. The number of hydrogen-bond acceptors (Lipinski definition) is 1. The van der Waals surface area contributed by atoms with E-state index in [-0.39, 0.29) is 11.3 Å². The molecule has 2 heteroatoms. The van der Waals surface area contributed by atoms with Gasteiger partial charge in [-0.15, -0.1) is 0 Å². The Bertz CT molecular complexity index is 266. The summed E-state index contributed by atoms with van der Waals surface area (Å²) in [5.41, 5.74) is 0.540. The maximum Gasteiger partial charge on any atom is 0.245 e. The number of likely N-dealkylation sites (tertiary alicyclic amines) is 1. The van der Waals surface area contributed by atoms with Gasteiger partial charge in [0.15, 0.2) is 0 Å². The van der Waals surface area contributed by atoms with E-state index >= 15 is 0 Å². The first-order chi connectivity index (χ1) is 6.76. The van der Waals surface area contributed by atoms with Crippen LogP contribution >= 0.6 is 0 Å². The zero-order valence-electron chi connectivity index (χ0n) is 10.5. The largest absolute Gasteiger partial charge is 0.339 e. The molecule has 2 nitrogen and oxygen atoms in total. The van der Waals surface area contributed by atoms with Crippen molar-refractivity contribution in [1.82, 2.24) is 4.90 Å². The van der Waals surface area contributed by atoms with Crippen molar-refractivity contribution in [3.63, 3.8) is 0 Å². The average Bonchev–Trinajstić information content (AvgIpc) is 2.18. The summed E-state index contributed by atoms with van der Waals surface area (Å²) in [6.07, 6.45) is 3.67. The number of carbonyl (C=O) groups excluding carboxylic acids is 1. The van der Waals surface area contributed by atoms with Crippen LogP contribution in [0.4, 0.5) is 0 Å². The van der Waals surface area contributed by atoms with Gasteiger partial charge in [0.1, 0.15) is 0 Å². The third-order valence-electron chi connectivity index (χ3n) is 3.12. The highest BCUT2D eigenvalue weighted by molar-refractivity contribution is 5.87. The summed E-state index contributed by atoms with van der Waals surface area (Å²) in [7, 11) is 0. The topological polar surface area (TPSA) is 20.3 Å². The summed E-state index contributed by atoms with van der Waals surface area (Å²) in [6.45, 7) is 14.3. The molecule has 0 bridgehead atoms. The molecule has 0 aromatic carbocycles. The van der Waals surface area contributed by atoms with Crippen LogP contribution in [0.5, 0.6) is 0 Å².